The molecular weight excluding hydrogens is 418 g/mol. The van der Waals surface area contributed by atoms with Crippen molar-refractivity contribution in [3.63, 3.8) is 0 Å². The van der Waals surface area contributed by atoms with Crippen LogP contribution >= 0.6 is 0 Å². The highest BCUT2D eigenvalue weighted by Crippen LogP contribution is 2.28. The molecule has 4 heterocycles. The summed E-state index contributed by atoms with van der Waals surface area (Å²) in [5, 5.41) is 4.12. The van der Waals surface area contributed by atoms with Gasteiger partial charge < -0.3 is 9.47 Å². The molecule has 2 aliphatic rings. The molecule has 0 aliphatic carbocycles. The van der Waals surface area contributed by atoms with Crippen molar-refractivity contribution in [3.05, 3.63) is 29.5 Å². The van der Waals surface area contributed by atoms with Crippen molar-refractivity contribution in [2.75, 3.05) is 26.3 Å². The predicted molar refractivity (Wildman–Crippen MR) is 115 cm³/mol. The number of fused-ring (bicyclic) bond motifs is 1. The summed E-state index contributed by atoms with van der Waals surface area (Å²) in [6.45, 7) is 8.70. The van der Waals surface area contributed by atoms with Gasteiger partial charge in [0.05, 0.1) is 31.6 Å². The second-order valence-corrected chi connectivity index (χ2v) is 10.3. The SMILES string of the molecule is CCn1cc(S(=O)(=O)N2CCCC(Oc3nc(C(C)C)nc4c3CCOCC4)C2)cn1. The van der Waals surface area contributed by atoms with E-state index < -0.39 is 10.0 Å². The molecule has 170 valence electrons. The van der Waals surface area contributed by atoms with Crippen LogP contribution in [-0.4, -0.2) is 64.9 Å². The number of piperidine rings is 1. The largest absolute Gasteiger partial charge is 0.473 e. The molecule has 0 radical (unpaired) electrons. The fourth-order valence-electron chi connectivity index (χ4n) is 3.96. The van der Waals surface area contributed by atoms with Crippen LogP contribution in [0.15, 0.2) is 17.3 Å². The van der Waals surface area contributed by atoms with Crippen LogP contribution < -0.4 is 4.74 Å². The zero-order valence-electron chi connectivity index (χ0n) is 18.5. The van der Waals surface area contributed by atoms with Gasteiger partial charge in [-0.05, 0) is 19.8 Å². The topological polar surface area (TPSA) is 99.4 Å². The fraction of sp³-hybridized carbons (Fsp3) is 0.667. The molecule has 1 atom stereocenters. The summed E-state index contributed by atoms with van der Waals surface area (Å²) < 4.78 is 41.3. The maximum Gasteiger partial charge on any atom is 0.246 e. The minimum Gasteiger partial charge on any atom is -0.473 e. The summed E-state index contributed by atoms with van der Waals surface area (Å²) in [7, 11) is -3.60. The van der Waals surface area contributed by atoms with Crippen LogP contribution in [0.1, 0.15) is 56.6 Å². The lowest BCUT2D eigenvalue weighted by atomic mass is 10.1. The number of rotatable bonds is 6. The molecule has 10 heteroatoms. The summed E-state index contributed by atoms with van der Waals surface area (Å²) in [5.41, 5.74) is 1.98. The van der Waals surface area contributed by atoms with Gasteiger partial charge in [-0.3, -0.25) is 4.68 Å². The second-order valence-electron chi connectivity index (χ2n) is 8.36. The Balaban J connectivity index is 1.56. The van der Waals surface area contributed by atoms with E-state index in [2.05, 4.69) is 18.9 Å². The molecule has 2 aromatic rings. The van der Waals surface area contributed by atoms with Crippen molar-refractivity contribution in [2.45, 2.75) is 69.9 Å². The quantitative estimate of drug-likeness (QED) is 0.666. The maximum atomic E-state index is 13.1. The summed E-state index contributed by atoms with van der Waals surface area (Å²) >= 11 is 0. The van der Waals surface area contributed by atoms with Crippen LogP contribution in [0, 0.1) is 0 Å². The minimum absolute atomic E-state index is 0.176. The average Bonchev–Trinajstić information content (AvgIpc) is 3.13. The van der Waals surface area contributed by atoms with E-state index in [4.69, 9.17) is 19.4 Å². The lowest BCUT2D eigenvalue weighted by molar-refractivity contribution is 0.121. The van der Waals surface area contributed by atoms with Crippen LogP contribution in [0.5, 0.6) is 5.88 Å². The smallest absolute Gasteiger partial charge is 0.246 e. The van der Waals surface area contributed by atoms with Crippen molar-refractivity contribution in [3.8, 4) is 5.88 Å². The van der Waals surface area contributed by atoms with Crippen molar-refractivity contribution < 1.29 is 17.9 Å². The number of nitrogens with zero attached hydrogens (tertiary/aromatic N) is 5. The summed E-state index contributed by atoms with van der Waals surface area (Å²) in [4.78, 5) is 9.68. The lowest BCUT2D eigenvalue weighted by Gasteiger charge is -2.32. The Morgan fingerprint density at radius 1 is 1.26 bits per heavy atom. The van der Waals surface area contributed by atoms with Crippen LogP contribution in [0.3, 0.4) is 0 Å². The van der Waals surface area contributed by atoms with Gasteiger partial charge in [0, 0.05) is 43.6 Å². The van der Waals surface area contributed by atoms with Gasteiger partial charge in [-0.15, -0.1) is 0 Å². The number of aryl methyl sites for hydroxylation is 1. The van der Waals surface area contributed by atoms with E-state index in [1.54, 1.807) is 10.9 Å². The van der Waals surface area contributed by atoms with E-state index in [9.17, 15) is 8.42 Å². The third-order valence-corrected chi connectivity index (χ3v) is 7.58. The van der Waals surface area contributed by atoms with Crippen LogP contribution in [0.25, 0.3) is 0 Å². The molecule has 0 N–H and O–H groups in total. The van der Waals surface area contributed by atoms with Crippen molar-refractivity contribution in [1.82, 2.24) is 24.1 Å². The molecule has 0 spiro atoms. The molecule has 2 aromatic heterocycles. The molecule has 0 amide bonds. The van der Waals surface area contributed by atoms with Crippen LogP contribution in [0.2, 0.25) is 0 Å². The number of sulfonamides is 1. The molecule has 0 saturated carbocycles. The summed E-state index contributed by atoms with van der Waals surface area (Å²) in [6, 6.07) is 0. The first-order chi connectivity index (χ1) is 14.9. The summed E-state index contributed by atoms with van der Waals surface area (Å²) in [5.74, 6) is 1.51. The molecule has 1 fully saturated rings. The Hall–Kier alpha value is -2.04. The Labute approximate surface area is 183 Å². The molecule has 31 heavy (non-hydrogen) atoms. The first-order valence-corrected chi connectivity index (χ1v) is 12.5. The van der Waals surface area contributed by atoms with Crippen molar-refractivity contribution >= 4 is 10.0 Å². The molecule has 9 nitrogen and oxygen atoms in total. The first kappa shape index (κ1) is 22.2. The van der Waals surface area contributed by atoms with E-state index in [0.29, 0.717) is 45.1 Å². The molecule has 1 saturated heterocycles. The Morgan fingerprint density at radius 3 is 2.81 bits per heavy atom. The maximum absolute atomic E-state index is 13.1. The van der Waals surface area contributed by atoms with Crippen molar-refractivity contribution in [2.24, 2.45) is 0 Å². The number of aromatic nitrogens is 4. The third-order valence-electron chi connectivity index (χ3n) is 5.76. The van der Waals surface area contributed by atoms with Gasteiger partial charge in [-0.2, -0.15) is 14.4 Å². The standard InChI is InChI=1S/C21H31N5O4S/c1-4-25-14-17(12-22-25)31(27,28)26-9-5-6-16(13-26)30-21-18-7-10-29-11-8-19(18)23-20(24-21)15(2)3/h12,14-16H,4-11,13H2,1-3H3. The van der Waals surface area contributed by atoms with Gasteiger partial charge in [-0.25, -0.2) is 13.4 Å². The number of hydrogen-bond donors (Lipinski definition) is 0. The monoisotopic (exact) mass is 449 g/mol. The van der Waals surface area contributed by atoms with E-state index in [0.717, 1.165) is 36.3 Å². The predicted octanol–water partition coefficient (Wildman–Crippen LogP) is 2.16. The fourth-order valence-corrected chi connectivity index (χ4v) is 5.43. The zero-order chi connectivity index (χ0) is 22.0. The third kappa shape index (κ3) is 4.75. The second kappa shape index (κ2) is 9.22. The zero-order valence-corrected chi connectivity index (χ0v) is 19.3. The molecule has 0 bridgehead atoms. The van der Waals surface area contributed by atoms with Crippen LogP contribution in [0.4, 0.5) is 0 Å². The highest BCUT2D eigenvalue weighted by atomic mass is 32.2. The van der Waals surface area contributed by atoms with Gasteiger partial charge in [0.2, 0.25) is 15.9 Å². The lowest BCUT2D eigenvalue weighted by Crippen LogP contribution is -2.44. The highest BCUT2D eigenvalue weighted by Gasteiger charge is 2.33. The first-order valence-electron chi connectivity index (χ1n) is 11.0. The Morgan fingerprint density at radius 2 is 2.06 bits per heavy atom. The van der Waals surface area contributed by atoms with E-state index in [1.807, 2.05) is 6.92 Å². The van der Waals surface area contributed by atoms with Gasteiger partial charge in [0.15, 0.2) is 0 Å². The molecule has 0 aromatic carbocycles. The molecule has 4 rings (SSSR count). The molecule has 1 unspecified atom stereocenters. The Bertz CT molecular complexity index is 1020. The number of hydrogen-bond acceptors (Lipinski definition) is 7. The van der Waals surface area contributed by atoms with Gasteiger partial charge in [-0.1, -0.05) is 13.8 Å². The summed E-state index contributed by atoms with van der Waals surface area (Å²) in [6.07, 6.45) is 5.70. The van der Waals surface area contributed by atoms with E-state index >= 15 is 0 Å². The Kier molecular flexibility index (Phi) is 6.59. The van der Waals surface area contributed by atoms with Gasteiger partial charge in [0.1, 0.15) is 16.8 Å². The van der Waals surface area contributed by atoms with Crippen molar-refractivity contribution in [1.29, 1.82) is 0 Å². The highest BCUT2D eigenvalue weighted by molar-refractivity contribution is 7.89. The van der Waals surface area contributed by atoms with E-state index in [1.165, 1.54) is 10.5 Å². The molecular formula is C21H31N5O4S. The van der Waals surface area contributed by atoms with E-state index in [-0.39, 0.29) is 16.9 Å². The number of ether oxygens (including phenoxy) is 2. The normalized spacial score (nSPS) is 20.5. The minimum atomic E-state index is -3.60. The average molecular weight is 450 g/mol. The van der Waals surface area contributed by atoms with Gasteiger partial charge in [0.25, 0.3) is 0 Å². The van der Waals surface area contributed by atoms with Gasteiger partial charge >= 0.3 is 0 Å². The van der Waals surface area contributed by atoms with Crippen LogP contribution in [-0.2, 0) is 34.1 Å². The molecule has 2 aliphatic heterocycles.